The molecule has 0 saturated carbocycles. The number of ether oxygens (including phenoxy) is 1. The van der Waals surface area contributed by atoms with Crippen molar-refractivity contribution in [2.45, 2.75) is 6.18 Å². The molecule has 0 unspecified atom stereocenters. The van der Waals surface area contributed by atoms with E-state index in [-0.39, 0.29) is 11.5 Å². The highest BCUT2D eigenvalue weighted by molar-refractivity contribution is 7.11. The van der Waals surface area contributed by atoms with Gasteiger partial charge in [0.15, 0.2) is 6.29 Å². The maximum absolute atomic E-state index is 12.7. The fourth-order valence-corrected chi connectivity index (χ4v) is 1.97. The molecule has 1 aromatic carbocycles. The van der Waals surface area contributed by atoms with Crippen LogP contribution in [0.1, 0.15) is 15.2 Å². The lowest BCUT2D eigenvalue weighted by atomic mass is 10.2. The molecule has 94 valence electrons. The second kappa shape index (κ2) is 4.81. The van der Waals surface area contributed by atoms with Gasteiger partial charge in [-0.25, -0.2) is 0 Å². The van der Waals surface area contributed by atoms with Gasteiger partial charge in [-0.2, -0.15) is 13.2 Å². The standard InChI is InChI=1S/C12H7F3O2S/c13-12(14,15)10-3-1-2-4-11(10)17-8-5-9(6-16)18-7-8/h1-7H. The zero-order valence-electron chi connectivity index (χ0n) is 8.90. The Morgan fingerprint density at radius 1 is 1.22 bits per heavy atom. The first-order valence-electron chi connectivity index (χ1n) is 4.88. The highest BCUT2D eigenvalue weighted by Gasteiger charge is 2.34. The summed E-state index contributed by atoms with van der Waals surface area (Å²) in [4.78, 5) is 10.9. The second-order valence-electron chi connectivity index (χ2n) is 3.40. The molecule has 0 radical (unpaired) electrons. The lowest BCUT2D eigenvalue weighted by molar-refractivity contribution is -0.138. The Kier molecular flexibility index (Phi) is 3.38. The summed E-state index contributed by atoms with van der Waals surface area (Å²) in [6.45, 7) is 0. The van der Waals surface area contributed by atoms with Crippen LogP contribution in [0.5, 0.6) is 11.5 Å². The molecule has 18 heavy (non-hydrogen) atoms. The van der Waals surface area contributed by atoms with E-state index >= 15 is 0 Å². The molecule has 0 amide bonds. The van der Waals surface area contributed by atoms with E-state index in [9.17, 15) is 18.0 Å². The van der Waals surface area contributed by atoms with E-state index in [1.807, 2.05) is 0 Å². The zero-order valence-corrected chi connectivity index (χ0v) is 9.72. The number of alkyl halides is 3. The molecule has 1 heterocycles. The number of carbonyl (C=O) groups is 1. The summed E-state index contributed by atoms with van der Waals surface area (Å²) in [6.07, 6.45) is -3.85. The van der Waals surface area contributed by atoms with Gasteiger partial charge in [0.2, 0.25) is 0 Å². The predicted octanol–water partition coefficient (Wildman–Crippen LogP) is 4.37. The summed E-state index contributed by atoms with van der Waals surface area (Å²) < 4.78 is 43.2. The van der Waals surface area contributed by atoms with Crippen molar-refractivity contribution >= 4 is 17.6 Å². The molecule has 1 aromatic heterocycles. The summed E-state index contributed by atoms with van der Waals surface area (Å²) in [7, 11) is 0. The first-order valence-corrected chi connectivity index (χ1v) is 5.76. The van der Waals surface area contributed by atoms with Crippen LogP contribution in [0.2, 0.25) is 0 Å². The van der Waals surface area contributed by atoms with Crippen LogP contribution in [-0.2, 0) is 6.18 Å². The second-order valence-corrected chi connectivity index (χ2v) is 4.34. The van der Waals surface area contributed by atoms with Crippen LogP contribution in [0.15, 0.2) is 35.7 Å². The minimum Gasteiger partial charge on any atom is -0.456 e. The molecule has 0 saturated heterocycles. The third kappa shape index (κ3) is 2.70. The quantitative estimate of drug-likeness (QED) is 0.775. The van der Waals surface area contributed by atoms with Crippen LogP contribution in [-0.4, -0.2) is 6.29 Å². The van der Waals surface area contributed by atoms with Crippen molar-refractivity contribution in [3.05, 3.63) is 46.2 Å². The predicted molar refractivity (Wildman–Crippen MR) is 61.2 cm³/mol. The highest BCUT2D eigenvalue weighted by Crippen LogP contribution is 2.38. The van der Waals surface area contributed by atoms with Crippen molar-refractivity contribution in [1.82, 2.24) is 0 Å². The van der Waals surface area contributed by atoms with Gasteiger partial charge in [-0.15, -0.1) is 11.3 Å². The van der Waals surface area contributed by atoms with Crippen LogP contribution < -0.4 is 4.74 Å². The highest BCUT2D eigenvalue weighted by atomic mass is 32.1. The number of hydrogen-bond donors (Lipinski definition) is 0. The third-order valence-electron chi connectivity index (χ3n) is 2.13. The van der Waals surface area contributed by atoms with E-state index in [0.717, 1.165) is 17.4 Å². The maximum Gasteiger partial charge on any atom is 0.419 e. The Labute approximate surface area is 105 Å². The van der Waals surface area contributed by atoms with Gasteiger partial charge in [0, 0.05) is 11.4 Å². The molecule has 0 N–H and O–H groups in total. The SMILES string of the molecule is O=Cc1cc(Oc2ccccc2C(F)(F)F)cs1. The monoisotopic (exact) mass is 272 g/mol. The van der Waals surface area contributed by atoms with Crippen molar-refractivity contribution in [3.63, 3.8) is 0 Å². The lowest BCUT2D eigenvalue weighted by Crippen LogP contribution is -2.06. The molecule has 2 aromatic rings. The number of carbonyl (C=O) groups excluding carboxylic acids is 1. The molecule has 2 rings (SSSR count). The normalized spacial score (nSPS) is 11.3. The molecule has 0 spiro atoms. The first-order chi connectivity index (χ1) is 8.50. The van der Waals surface area contributed by atoms with Crippen molar-refractivity contribution in [1.29, 1.82) is 0 Å². The summed E-state index contributed by atoms with van der Waals surface area (Å²) in [5.74, 6) is -0.0564. The summed E-state index contributed by atoms with van der Waals surface area (Å²) in [6, 6.07) is 6.33. The lowest BCUT2D eigenvalue weighted by Gasteiger charge is -2.12. The molecule has 0 fully saturated rings. The fraction of sp³-hybridized carbons (Fsp3) is 0.0833. The van der Waals surface area contributed by atoms with E-state index in [1.54, 1.807) is 0 Å². The number of thiophene rings is 1. The van der Waals surface area contributed by atoms with Gasteiger partial charge < -0.3 is 4.74 Å². The average molecular weight is 272 g/mol. The van der Waals surface area contributed by atoms with E-state index in [1.165, 1.54) is 29.6 Å². The number of halogens is 3. The zero-order chi connectivity index (χ0) is 13.2. The van der Waals surface area contributed by atoms with E-state index < -0.39 is 11.7 Å². The van der Waals surface area contributed by atoms with Gasteiger partial charge in [-0.1, -0.05) is 12.1 Å². The molecule has 0 bridgehead atoms. The average Bonchev–Trinajstić information content (AvgIpc) is 2.76. The van der Waals surface area contributed by atoms with Gasteiger partial charge in [-0.05, 0) is 12.1 Å². The van der Waals surface area contributed by atoms with E-state index in [4.69, 9.17) is 4.74 Å². The molecule has 6 heteroatoms. The van der Waals surface area contributed by atoms with Crippen LogP contribution >= 0.6 is 11.3 Å². The van der Waals surface area contributed by atoms with Crippen LogP contribution in [0, 0.1) is 0 Å². The largest absolute Gasteiger partial charge is 0.456 e. The molecule has 2 nitrogen and oxygen atoms in total. The Morgan fingerprint density at radius 2 is 1.94 bits per heavy atom. The maximum atomic E-state index is 12.7. The molecular weight excluding hydrogens is 265 g/mol. The third-order valence-corrected chi connectivity index (χ3v) is 2.97. The summed E-state index contributed by atoms with van der Waals surface area (Å²) in [5, 5.41) is 1.48. The van der Waals surface area contributed by atoms with E-state index in [2.05, 4.69) is 0 Å². The van der Waals surface area contributed by atoms with Gasteiger partial charge in [0.25, 0.3) is 0 Å². The van der Waals surface area contributed by atoms with Crippen molar-refractivity contribution < 1.29 is 22.7 Å². The van der Waals surface area contributed by atoms with Crippen LogP contribution in [0.25, 0.3) is 0 Å². The Morgan fingerprint density at radius 3 is 2.56 bits per heavy atom. The topological polar surface area (TPSA) is 26.3 Å². The first kappa shape index (κ1) is 12.6. The molecule has 0 atom stereocenters. The Balaban J connectivity index is 2.31. The molecule has 0 aliphatic rings. The fourth-order valence-electron chi connectivity index (χ4n) is 1.37. The number of benzene rings is 1. The summed E-state index contributed by atoms with van der Waals surface area (Å²) >= 11 is 1.11. The van der Waals surface area contributed by atoms with Gasteiger partial charge >= 0.3 is 6.18 Å². The molecule has 0 aliphatic carbocycles. The van der Waals surface area contributed by atoms with Gasteiger partial charge in [-0.3, -0.25) is 4.79 Å². The van der Waals surface area contributed by atoms with Gasteiger partial charge in [0.05, 0.1) is 10.4 Å². The number of aldehydes is 1. The summed E-state index contributed by atoms with van der Waals surface area (Å²) in [5.41, 5.74) is -0.844. The van der Waals surface area contributed by atoms with Crippen molar-refractivity contribution in [2.75, 3.05) is 0 Å². The molecule has 0 aliphatic heterocycles. The van der Waals surface area contributed by atoms with Crippen LogP contribution in [0.3, 0.4) is 0 Å². The Hall–Kier alpha value is -1.82. The van der Waals surface area contributed by atoms with Crippen molar-refractivity contribution in [3.8, 4) is 11.5 Å². The van der Waals surface area contributed by atoms with Gasteiger partial charge in [0.1, 0.15) is 11.5 Å². The van der Waals surface area contributed by atoms with Crippen molar-refractivity contribution in [2.24, 2.45) is 0 Å². The minimum absolute atomic E-state index is 0.221. The van der Waals surface area contributed by atoms with E-state index in [0.29, 0.717) is 11.2 Å². The van der Waals surface area contributed by atoms with Crippen LogP contribution in [0.4, 0.5) is 13.2 Å². The minimum atomic E-state index is -4.47. The molecular formula is C12H7F3O2S. The number of rotatable bonds is 3. The Bertz CT molecular complexity index is 560. The smallest absolute Gasteiger partial charge is 0.419 e. The number of hydrogen-bond acceptors (Lipinski definition) is 3. The number of para-hydroxylation sites is 1.